The highest BCUT2D eigenvalue weighted by Crippen LogP contribution is 2.33. The third-order valence-corrected chi connectivity index (χ3v) is 6.56. The van der Waals surface area contributed by atoms with Crippen molar-refractivity contribution >= 4 is 11.6 Å². The van der Waals surface area contributed by atoms with Crippen LogP contribution in [0.5, 0.6) is 0 Å². The van der Waals surface area contributed by atoms with Crippen molar-refractivity contribution in [2.45, 2.75) is 64.2 Å². The van der Waals surface area contributed by atoms with Gasteiger partial charge in [-0.2, -0.15) is 13.2 Å². The van der Waals surface area contributed by atoms with Gasteiger partial charge in [-0.15, -0.1) is 0 Å². The van der Waals surface area contributed by atoms with E-state index in [1.807, 2.05) is 4.90 Å². The topological polar surface area (TPSA) is 35.6 Å². The Morgan fingerprint density at radius 1 is 1.13 bits per heavy atom. The molecule has 1 unspecified atom stereocenters. The smallest absolute Gasteiger partial charge is 0.382 e. The standard InChI is InChI=1S/C22H31F4N3O/c1-3-15(2)28-10-12-29(13-11-28)21(30)16-4-6-17(7-5-16)27-18-8-9-19(20(23)14-18)22(24,25)26/h8-9,14-17,27H,3-7,10-13H2,1-2H3/t15?,16-,17-. The summed E-state index contributed by atoms with van der Waals surface area (Å²) in [4.78, 5) is 17.3. The fourth-order valence-electron chi connectivity index (χ4n) is 4.45. The number of amides is 1. The van der Waals surface area contributed by atoms with Crippen LogP contribution in [0.4, 0.5) is 23.2 Å². The number of carbonyl (C=O) groups excluding carboxylic acids is 1. The van der Waals surface area contributed by atoms with E-state index in [2.05, 4.69) is 24.1 Å². The zero-order chi connectivity index (χ0) is 21.9. The number of benzene rings is 1. The van der Waals surface area contributed by atoms with Gasteiger partial charge in [0.2, 0.25) is 5.91 Å². The number of nitrogens with zero attached hydrogens (tertiary/aromatic N) is 2. The number of piperazine rings is 1. The average Bonchev–Trinajstić information content (AvgIpc) is 2.72. The van der Waals surface area contributed by atoms with Gasteiger partial charge in [-0.3, -0.25) is 9.69 Å². The van der Waals surface area contributed by atoms with Crippen molar-refractivity contribution in [1.29, 1.82) is 0 Å². The molecule has 0 spiro atoms. The molecule has 1 N–H and O–H groups in total. The minimum absolute atomic E-state index is 0.00235. The van der Waals surface area contributed by atoms with Gasteiger partial charge in [0.05, 0.1) is 5.56 Å². The van der Waals surface area contributed by atoms with E-state index < -0.39 is 17.6 Å². The molecular formula is C22H31F4N3O. The van der Waals surface area contributed by atoms with Crippen LogP contribution >= 0.6 is 0 Å². The van der Waals surface area contributed by atoms with Gasteiger partial charge in [0.15, 0.2) is 0 Å². The van der Waals surface area contributed by atoms with Crippen LogP contribution in [0.3, 0.4) is 0 Å². The molecule has 30 heavy (non-hydrogen) atoms. The molecule has 1 heterocycles. The number of nitrogens with one attached hydrogen (secondary N) is 1. The molecule has 1 aromatic carbocycles. The minimum atomic E-state index is -4.69. The monoisotopic (exact) mass is 429 g/mol. The van der Waals surface area contributed by atoms with Crippen LogP contribution in [0.1, 0.15) is 51.5 Å². The number of rotatable bonds is 5. The molecule has 1 aromatic rings. The first kappa shape index (κ1) is 22.8. The summed E-state index contributed by atoms with van der Waals surface area (Å²) in [5.41, 5.74) is -0.910. The Morgan fingerprint density at radius 2 is 1.77 bits per heavy atom. The molecule has 2 aliphatic rings. The summed E-state index contributed by atoms with van der Waals surface area (Å²) in [6.45, 7) is 7.76. The number of alkyl halides is 3. The van der Waals surface area contributed by atoms with Gasteiger partial charge in [-0.25, -0.2) is 4.39 Å². The summed E-state index contributed by atoms with van der Waals surface area (Å²) >= 11 is 0. The summed E-state index contributed by atoms with van der Waals surface area (Å²) < 4.78 is 51.8. The molecule has 168 valence electrons. The molecule has 0 radical (unpaired) electrons. The van der Waals surface area contributed by atoms with E-state index in [9.17, 15) is 22.4 Å². The Kier molecular flexibility index (Phi) is 7.26. The molecule has 8 heteroatoms. The lowest BCUT2D eigenvalue weighted by molar-refractivity contribution is -0.140. The highest BCUT2D eigenvalue weighted by Gasteiger charge is 2.34. The number of carbonyl (C=O) groups is 1. The molecule has 1 aliphatic heterocycles. The Hall–Kier alpha value is -1.83. The maximum absolute atomic E-state index is 13.8. The second-order valence-corrected chi connectivity index (χ2v) is 8.50. The first-order valence-electron chi connectivity index (χ1n) is 10.8. The van der Waals surface area contributed by atoms with E-state index in [4.69, 9.17) is 0 Å². The third-order valence-electron chi connectivity index (χ3n) is 6.56. The van der Waals surface area contributed by atoms with E-state index in [0.29, 0.717) is 11.7 Å². The lowest BCUT2D eigenvalue weighted by Gasteiger charge is -2.40. The molecule has 4 nitrogen and oxygen atoms in total. The van der Waals surface area contributed by atoms with E-state index >= 15 is 0 Å². The molecule has 1 atom stereocenters. The van der Waals surface area contributed by atoms with Gasteiger partial charge in [-0.05, 0) is 57.2 Å². The van der Waals surface area contributed by atoms with Crippen molar-refractivity contribution < 1.29 is 22.4 Å². The first-order valence-corrected chi connectivity index (χ1v) is 10.8. The predicted octanol–water partition coefficient (Wildman–Crippen LogP) is 4.76. The Bertz CT molecular complexity index is 724. The van der Waals surface area contributed by atoms with Crippen molar-refractivity contribution in [3.05, 3.63) is 29.6 Å². The zero-order valence-corrected chi connectivity index (χ0v) is 17.6. The number of hydrogen-bond acceptors (Lipinski definition) is 3. The number of hydrogen-bond donors (Lipinski definition) is 1. The lowest BCUT2D eigenvalue weighted by Crippen LogP contribution is -2.52. The van der Waals surface area contributed by atoms with Crippen LogP contribution < -0.4 is 5.32 Å². The molecule has 1 aliphatic carbocycles. The number of halogens is 4. The molecule has 2 fully saturated rings. The quantitative estimate of drug-likeness (QED) is 0.686. The van der Waals surface area contributed by atoms with E-state index in [1.165, 1.54) is 6.07 Å². The maximum Gasteiger partial charge on any atom is 0.419 e. The van der Waals surface area contributed by atoms with Crippen LogP contribution in [0.25, 0.3) is 0 Å². The van der Waals surface area contributed by atoms with Gasteiger partial charge >= 0.3 is 6.18 Å². The SMILES string of the molecule is CCC(C)N1CCN(C(=O)[C@H]2CC[C@H](Nc3ccc(C(F)(F)F)c(F)c3)CC2)CC1. The summed E-state index contributed by atoms with van der Waals surface area (Å²) in [6.07, 6.45) is -0.622. The molecule has 1 saturated carbocycles. The van der Waals surface area contributed by atoms with Crippen molar-refractivity contribution in [2.24, 2.45) is 5.92 Å². The van der Waals surface area contributed by atoms with Crippen molar-refractivity contribution in [3.8, 4) is 0 Å². The van der Waals surface area contributed by atoms with Crippen molar-refractivity contribution in [3.63, 3.8) is 0 Å². The van der Waals surface area contributed by atoms with Gasteiger partial charge in [-0.1, -0.05) is 6.92 Å². The fourth-order valence-corrected chi connectivity index (χ4v) is 4.45. The largest absolute Gasteiger partial charge is 0.419 e. The second kappa shape index (κ2) is 9.54. The first-order chi connectivity index (χ1) is 14.2. The van der Waals surface area contributed by atoms with Crippen LogP contribution in [0, 0.1) is 11.7 Å². The van der Waals surface area contributed by atoms with E-state index in [1.54, 1.807) is 0 Å². The van der Waals surface area contributed by atoms with Gasteiger partial charge in [0.25, 0.3) is 0 Å². The van der Waals surface area contributed by atoms with E-state index in [0.717, 1.165) is 70.4 Å². The molecule has 0 bridgehead atoms. The Labute approximate surface area is 175 Å². The summed E-state index contributed by atoms with van der Waals surface area (Å²) in [7, 11) is 0. The second-order valence-electron chi connectivity index (χ2n) is 8.50. The molecule has 3 rings (SSSR count). The zero-order valence-electron chi connectivity index (χ0n) is 17.6. The van der Waals surface area contributed by atoms with Crippen LogP contribution in [-0.4, -0.2) is 54.0 Å². The maximum atomic E-state index is 13.8. The Morgan fingerprint density at radius 3 is 2.30 bits per heavy atom. The summed E-state index contributed by atoms with van der Waals surface area (Å²) in [5, 5.41) is 3.13. The molecule has 1 amide bonds. The van der Waals surface area contributed by atoms with Crippen LogP contribution in [0.2, 0.25) is 0 Å². The minimum Gasteiger partial charge on any atom is -0.382 e. The van der Waals surface area contributed by atoms with E-state index in [-0.39, 0.29) is 17.9 Å². The molecular weight excluding hydrogens is 398 g/mol. The molecule has 1 saturated heterocycles. The highest BCUT2D eigenvalue weighted by atomic mass is 19.4. The van der Waals surface area contributed by atoms with Crippen molar-refractivity contribution in [2.75, 3.05) is 31.5 Å². The van der Waals surface area contributed by atoms with Crippen LogP contribution in [0.15, 0.2) is 18.2 Å². The third kappa shape index (κ3) is 5.45. The van der Waals surface area contributed by atoms with Crippen LogP contribution in [-0.2, 0) is 11.0 Å². The van der Waals surface area contributed by atoms with Gasteiger partial charge in [0, 0.05) is 49.9 Å². The van der Waals surface area contributed by atoms with Gasteiger partial charge in [0.1, 0.15) is 5.82 Å². The average molecular weight is 430 g/mol. The highest BCUT2D eigenvalue weighted by molar-refractivity contribution is 5.79. The number of anilines is 1. The Balaban J connectivity index is 1.47. The molecule has 0 aromatic heterocycles. The normalized spacial score (nSPS) is 24.5. The summed E-state index contributed by atoms with van der Waals surface area (Å²) in [6, 6.07) is 3.51. The lowest BCUT2D eigenvalue weighted by atomic mass is 9.85. The van der Waals surface area contributed by atoms with Crippen molar-refractivity contribution in [1.82, 2.24) is 9.80 Å². The summed E-state index contributed by atoms with van der Waals surface area (Å²) in [5.74, 6) is -1.05. The predicted molar refractivity (Wildman–Crippen MR) is 109 cm³/mol. The fraction of sp³-hybridized carbons (Fsp3) is 0.682. The van der Waals surface area contributed by atoms with Gasteiger partial charge < -0.3 is 10.2 Å².